The van der Waals surface area contributed by atoms with E-state index in [4.69, 9.17) is 37.3 Å². The average Bonchev–Trinajstić information content (AvgIpc) is 2.93. The lowest BCUT2D eigenvalue weighted by Crippen LogP contribution is -2.15. The van der Waals surface area contributed by atoms with Crippen LogP contribution in [0.25, 0.3) is 0 Å². The number of hydrogen-bond donors (Lipinski definition) is 0. The topological polar surface area (TPSA) is 134 Å². The number of hydrogen-bond acceptors (Lipinski definition) is 12. The largest absolute Gasteiger partial charge is 0.466 e. The van der Waals surface area contributed by atoms with E-state index in [0.29, 0.717) is 85.9 Å². The van der Waals surface area contributed by atoms with E-state index < -0.39 is 16.1 Å². The highest BCUT2D eigenvalue weighted by atomic mass is 32.2. The van der Waals surface area contributed by atoms with Crippen molar-refractivity contribution in [1.29, 1.82) is 0 Å². The molecular weight excluding hydrogens is 536 g/mol. The van der Waals surface area contributed by atoms with Crippen molar-refractivity contribution < 1.29 is 55.3 Å². The van der Waals surface area contributed by atoms with E-state index in [1.54, 1.807) is 18.2 Å². The van der Waals surface area contributed by atoms with Gasteiger partial charge >= 0.3 is 5.97 Å². The number of rotatable bonds is 26. The van der Waals surface area contributed by atoms with Crippen molar-refractivity contribution in [3.8, 4) is 0 Å². The minimum Gasteiger partial charge on any atom is -0.466 e. The van der Waals surface area contributed by atoms with Crippen LogP contribution in [0.15, 0.2) is 41.3 Å². The fourth-order valence-electron chi connectivity index (χ4n) is 2.66. The van der Waals surface area contributed by atoms with Gasteiger partial charge in [0.05, 0.1) is 111 Å². The average molecular weight is 579 g/mol. The Labute approximate surface area is 231 Å². The zero-order chi connectivity index (χ0) is 28.4. The first-order valence-electron chi connectivity index (χ1n) is 12.7. The van der Waals surface area contributed by atoms with E-state index >= 15 is 0 Å². The molecule has 0 heterocycles. The SMILES string of the molecule is COC(=O)/C=C/COCCOCCOCCOCCOCCOCCOCCOS(=O)(=O)c1ccc(C)cc1. The molecular formula is C26H42O12S. The summed E-state index contributed by atoms with van der Waals surface area (Å²) in [7, 11) is -2.45. The summed E-state index contributed by atoms with van der Waals surface area (Å²) < 4.78 is 71.1. The second kappa shape index (κ2) is 23.9. The van der Waals surface area contributed by atoms with Crippen molar-refractivity contribution in [3.05, 3.63) is 42.0 Å². The van der Waals surface area contributed by atoms with Crippen molar-refractivity contribution in [1.82, 2.24) is 0 Å². The minimum atomic E-state index is -3.77. The molecule has 0 atom stereocenters. The Morgan fingerprint density at radius 2 is 1.03 bits per heavy atom. The molecule has 0 saturated carbocycles. The number of carbonyl (C=O) groups excluding carboxylic acids is 1. The maximum Gasteiger partial charge on any atom is 0.330 e. The molecule has 0 N–H and O–H groups in total. The highest BCUT2D eigenvalue weighted by Crippen LogP contribution is 2.12. The first-order valence-corrected chi connectivity index (χ1v) is 14.1. The second-order valence-corrected chi connectivity index (χ2v) is 9.38. The number of aryl methyl sites for hydroxylation is 1. The fourth-order valence-corrected chi connectivity index (χ4v) is 3.55. The van der Waals surface area contributed by atoms with E-state index in [1.165, 1.54) is 25.3 Å². The van der Waals surface area contributed by atoms with Gasteiger partial charge < -0.3 is 37.9 Å². The van der Waals surface area contributed by atoms with Crippen LogP contribution in [-0.4, -0.2) is 121 Å². The number of methoxy groups -OCH3 is 1. The quantitative estimate of drug-likeness (QED) is 0.0683. The first-order chi connectivity index (χ1) is 19.0. The van der Waals surface area contributed by atoms with Crippen LogP contribution < -0.4 is 0 Å². The highest BCUT2D eigenvalue weighted by Gasteiger charge is 2.14. The minimum absolute atomic E-state index is 0.0619. The van der Waals surface area contributed by atoms with E-state index in [2.05, 4.69) is 4.74 Å². The summed E-state index contributed by atoms with van der Waals surface area (Å²) in [4.78, 5) is 11.0. The van der Waals surface area contributed by atoms with Gasteiger partial charge in [-0.2, -0.15) is 8.42 Å². The third-order valence-electron chi connectivity index (χ3n) is 4.68. The molecule has 0 radical (unpaired) electrons. The Morgan fingerprint density at radius 3 is 1.44 bits per heavy atom. The Hall–Kier alpha value is -1.94. The summed E-state index contributed by atoms with van der Waals surface area (Å²) in [6.07, 6.45) is 2.89. The summed E-state index contributed by atoms with van der Waals surface area (Å²) in [5.74, 6) is -0.412. The predicted molar refractivity (Wildman–Crippen MR) is 141 cm³/mol. The number of benzene rings is 1. The molecule has 0 aliphatic rings. The van der Waals surface area contributed by atoms with Gasteiger partial charge in [0.1, 0.15) is 0 Å². The van der Waals surface area contributed by atoms with Crippen molar-refractivity contribution in [2.75, 3.05) is 106 Å². The predicted octanol–water partition coefficient (Wildman–Crippen LogP) is 1.55. The summed E-state index contributed by atoms with van der Waals surface area (Å²) in [6.45, 7) is 7.44. The van der Waals surface area contributed by atoms with Gasteiger partial charge in [0.15, 0.2) is 0 Å². The van der Waals surface area contributed by atoms with Gasteiger partial charge in [0.2, 0.25) is 0 Å². The normalized spacial score (nSPS) is 11.8. The highest BCUT2D eigenvalue weighted by molar-refractivity contribution is 7.86. The Morgan fingerprint density at radius 1 is 0.641 bits per heavy atom. The Balaban J connectivity index is 1.75. The van der Waals surface area contributed by atoms with Crippen LogP contribution in [-0.2, 0) is 57.0 Å². The summed E-state index contributed by atoms with van der Waals surface area (Å²) in [5, 5.41) is 0. The van der Waals surface area contributed by atoms with Crippen LogP contribution in [0.4, 0.5) is 0 Å². The van der Waals surface area contributed by atoms with Gasteiger partial charge in [0.25, 0.3) is 10.1 Å². The van der Waals surface area contributed by atoms with Crippen LogP contribution in [0.2, 0.25) is 0 Å². The molecule has 0 fully saturated rings. The van der Waals surface area contributed by atoms with E-state index in [1.807, 2.05) is 6.92 Å². The smallest absolute Gasteiger partial charge is 0.330 e. The molecule has 0 spiro atoms. The molecule has 12 nitrogen and oxygen atoms in total. The van der Waals surface area contributed by atoms with E-state index in [0.717, 1.165) is 5.56 Å². The van der Waals surface area contributed by atoms with Crippen molar-refractivity contribution in [2.24, 2.45) is 0 Å². The van der Waals surface area contributed by atoms with Gasteiger partial charge in [-0.05, 0) is 19.1 Å². The lowest BCUT2D eigenvalue weighted by atomic mass is 10.2. The summed E-state index contributed by atoms with van der Waals surface area (Å²) in [6, 6.07) is 6.46. The second-order valence-electron chi connectivity index (χ2n) is 7.76. The van der Waals surface area contributed by atoms with Gasteiger partial charge in [-0.1, -0.05) is 23.8 Å². The molecule has 39 heavy (non-hydrogen) atoms. The van der Waals surface area contributed by atoms with Gasteiger partial charge in [-0.3, -0.25) is 4.18 Å². The van der Waals surface area contributed by atoms with Crippen LogP contribution in [0.1, 0.15) is 5.56 Å². The molecule has 0 aliphatic heterocycles. The summed E-state index contributed by atoms with van der Waals surface area (Å²) in [5.41, 5.74) is 0.973. The lowest BCUT2D eigenvalue weighted by molar-refractivity contribution is -0.134. The molecule has 0 unspecified atom stereocenters. The Kier molecular flexibility index (Phi) is 21.5. The zero-order valence-electron chi connectivity index (χ0n) is 22.9. The Bertz CT molecular complexity index is 858. The molecule has 13 heteroatoms. The number of esters is 1. The molecule has 1 aromatic rings. The molecule has 1 aromatic carbocycles. The summed E-state index contributed by atoms with van der Waals surface area (Å²) >= 11 is 0. The van der Waals surface area contributed by atoms with Gasteiger partial charge in [-0.15, -0.1) is 0 Å². The molecule has 224 valence electrons. The monoisotopic (exact) mass is 578 g/mol. The number of ether oxygens (including phenoxy) is 8. The molecule has 0 amide bonds. The third kappa shape index (κ3) is 20.6. The molecule has 0 aromatic heterocycles. The standard InChI is InChI=1S/C26H42O12S/c1-24-5-7-25(8-6-24)39(28,29)38-23-22-37-21-20-36-19-18-35-17-16-34-15-14-33-13-12-32-11-10-31-9-3-4-26(27)30-2/h3-8H,9-23H2,1-2H3/b4-3+. The van der Waals surface area contributed by atoms with Crippen molar-refractivity contribution in [3.63, 3.8) is 0 Å². The van der Waals surface area contributed by atoms with Crippen molar-refractivity contribution >= 4 is 16.1 Å². The van der Waals surface area contributed by atoms with E-state index in [-0.39, 0.29) is 18.1 Å². The maximum absolute atomic E-state index is 12.0. The van der Waals surface area contributed by atoms with Crippen LogP contribution in [0.3, 0.4) is 0 Å². The molecule has 1 rings (SSSR count). The molecule has 0 saturated heterocycles. The zero-order valence-corrected chi connectivity index (χ0v) is 23.7. The van der Waals surface area contributed by atoms with Crippen LogP contribution in [0.5, 0.6) is 0 Å². The first kappa shape index (κ1) is 35.1. The lowest BCUT2D eigenvalue weighted by Gasteiger charge is -2.09. The maximum atomic E-state index is 12.0. The van der Waals surface area contributed by atoms with Crippen LogP contribution >= 0.6 is 0 Å². The third-order valence-corrected chi connectivity index (χ3v) is 6.00. The van der Waals surface area contributed by atoms with Gasteiger partial charge in [0, 0.05) is 6.08 Å². The van der Waals surface area contributed by atoms with Crippen molar-refractivity contribution in [2.45, 2.75) is 11.8 Å². The van der Waals surface area contributed by atoms with Gasteiger partial charge in [-0.25, -0.2) is 4.79 Å². The number of carbonyl (C=O) groups is 1. The van der Waals surface area contributed by atoms with E-state index in [9.17, 15) is 13.2 Å². The fraction of sp³-hybridized carbons (Fsp3) is 0.654. The molecule has 0 bridgehead atoms. The molecule has 0 aliphatic carbocycles. The van der Waals surface area contributed by atoms with Crippen LogP contribution in [0, 0.1) is 6.92 Å².